The molecule has 2 aliphatic carbocycles. The minimum atomic E-state index is -2.49. The molecule has 0 amide bonds. The summed E-state index contributed by atoms with van der Waals surface area (Å²) in [6, 6.07) is 37.7. The van der Waals surface area contributed by atoms with Gasteiger partial charge in [0.25, 0.3) is 0 Å². The van der Waals surface area contributed by atoms with Gasteiger partial charge in [0, 0.05) is 21.1 Å². The molecule has 0 fully saturated rings. The third-order valence-electron chi connectivity index (χ3n) is 9.15. The van der Waals surface area contributed by atoms with E-state index in [1.54, 1.807) is 0 Å². The van der Waals surface area contributed by atoms with Gasteiger partial charge in [0.1, 0.15) is 8.07 Å². The first-order valence-corrected chi connectivity index (χ1v) is 16.7. The highest BCUT2D eigenvalue weighted by molar-refractivity contribution is 6.95. The third kappa shape index (κ3) is 3.16. The number of fused-ring (bicyclic) bond motifs is 6. The molecule has 0 aliphatic heterocycles. The van der Waals surface area contributed by atoms with Crippen LogP contribution in [-0.4, -0.2) is 8.07 Å². The molecule has 2 aliphatic rings. The van der Waals surface area contributed by atoms with E-state index in [2.05, 4.69) is 124 Å². The average molecular weight is 548 g/mol. The van der Waals surface area contributed by atoms with E-state index in [9.17, 15) is 0 Å². The predicted molar refractivity (Wildman–Crippen MR) is 168 cm³/mol. The Balaban J connectivity index is 1.60. The average Bonchev–Trinajstić information content (AvgIpc) is 3.38. The van der Waals surface area contributed by atoms with E-state index in [0.29, 0.717) is 0 Å². The van der Waals surface area contributed by atoms with Crippen LogP contribution < -0.4 is 5.19 Å². The number of rotatable bonds is 3. The normalized spacial score (nSPS) is 20.2. The van der Waals surface area contributed by atoms with Crippen LogP contribution in [0.3, 0.4) is 0 Å². The molecule has 0 radical (unpaired) electrons. The third-order valence-corrected chi connectivity index (χ3v) is 15.6. The van der Waals surface area contributed by atoms with E-state index in [-0.39, 0.29) is 11.1 Å². The molecular weight excluding hydrogens is 519 g/mol. The van der Waals surface area contributed by atoms with Crippen LogP contribution in [0.2, 0.25) is 6.55 Å². The van der Waals surface area contributed by atoms with Gasteiger partial charge in [-0.25, -0.2) is 0 Å². The minimum absolute atomic E-state index is 0.216. The van der Waals surface area contributed by atoms with Gasteiger partial charge in [-0.15, -0.1) is 0 Å². The Labute approximate surface area is 235 Å². The molecule has 186 valence electrons. The molecule has 0 saturated carbocycles. The van der Waals surface area contributed by atoms with Crippen molar-refractivity contribution in [3.8, 4) is 0 Å². The molecule has 3 heteroatoms. The maximum absolute atomic E-state index is 7.21. The summed E-state index contributed by atoms with van der Waals surface area (Å²) in [5, 5.41) is 8.41. The van der Waals surface area contributed by atoms with Gasteiger partial charge in [0.05, 0.1) is 0 Å². The topological polar surface area (TPSA) is 0 Å². The standard InChI is InChI=1S/C35H28Cl2Si/c1-21-32(36)28-19-17-23-11-7-9-15-26(23)30(28)34(21)38(3,25-13-5-4-6-14-25)35-22(2)33(37)29-20-18-24-12-8-10-16-27(24)31(29)35/h4-20,34-35H,1-3H3. The highest BCUT2D eigenvalue weighted by Gasteiger charge is 2.54. The van der Waals surface area contributed by atoms with Gasteiger partial charge < -0.3 is 0 Å². The van der Waals surface area contributed by atoms with E-state index in [0.717, 1.165) is 10.1 Å². The summed E-state index contributed by atoms with van der Waals surface area (Å²) in [5.41, 5.74) is 8.16. The molecule has 0 heterocycles. The molecule has 0 bridgehead atoms. The van der Waals surface area contributed by atoms with E-state index < -0.39 is 8.07 Å². The predicted octanol–water partition coefficient (Wildman–Crippen LogP) is 9.89. The molecule has 0 saturated heterocycles. The largest absolute Gasteiger partial charge is 0.107 e. The van der Waals surface area contributed by atoms with Crippen molar-refractivity contribution in [3.63, 3.8) is 0 Å². The van der Waals surface area contributed by atoms with Crippen molar-refractivity contribution in [3.05, 3.63) is 137 Å². The first kappa shape index (κ1) is 24.0. The van der Waals surface area contributed by atoms with E-state index in [1.165, 1.54) is 60.1 Å². The van der Waals surface area contributed by atoms with Gasteiger partial charge in [-0.1, -0.05) is 138 Å². The fourth-order valence-corrected chi connectivity index (χ4v) is 14.1. The second kappa shape index (κ2) is 8.71. The zero-order valence-corrected chi connectivity index (χ0v) is 24.2. The molecule has 0 nitrogen and oxygen atoms in total. The molecule has 7 rings (SSSR count). The summed E-state index contributed by atoms with van der Waals surface area (Å²) >= 11 is 14.4. The first-order valence-electron chi connectivity index (χ1n) is 13.2. The van der Waals surface area contributed by atoms with Crippen molar-refractivity contribution in [2.24, 2.45) is 0 Å². The van der Waals surface area contributed by atoms with E-state index in [1.807, 2.05) is 0 Å². The Morgan fingerprint density at radius 1 is 0.526 bits per heavy atom. The molecule has 38 heavy (non-hydrogen) atoms. The molecular formula is C35H28Cl2Si. The lowest BCUT2D eigenvalue weighted by Gasteiger charge is -2.43. The molecule has 2 unspecified atom stereocenters. The maximum atomic E-state index is 7.21. The van der Waals surface area contributed by atoms with Gasteiger partial charge >= 0.3 is 0 Å². The highest BCUT2D eigenvalue weighted by atomic mass is 35.5. The van der Waals surface area contributed by atoms with E-state index in [4.69, 9.17) is 23.2 Å². The molecule has 2 atom stereocenters. The van der Waals surface area contributed by atoms with Gasteiger partial charge in [-0.05, 0) is 68.8 Å². The summed E-state index contributed by atoms with van der Waals surface area (Å²) in [5.74, 6) is 0. The van der Waals surface area contributed by atoms with Gasteiger partial charge in [0.15, 0.2) is 0 Å². The van der Waals surface area contributed by atoms with Gasteiger partial charge in [-0.3, -0.25) is 0 Å². The number of hydrogen-bond acceptors (Lipinski definition) is 0. The minimum Gasteiger partial charge on any atom is -0.0837 e. The zero-order chi connectivity index (χ0) is 26.2. The monoisotopic (exact) mass is 546 g/mol. The molecule has 5 aromatic carbocycles. The number of allylic oxidation sites excluding steroid dienone is 2. The lowest BCUT2D eigenvalue weighted by molar-refractivity contribution is 0.991. The molecule has 0 N–H and O–H groups in total. The SMILES string of the molecule is CC1=C(Cl)c2ccc3ccccc3c2C1[Si](C)(c1ccccc1)C1C(C)=C(Cl)c2ccc3ccccc3c21. The second-order valence-electron chi connectivity index (χ2n) is 11.0. The maximum Gasteiger partial charge on any atom is 0.107 e. The van der Waals surface area contributed by atoms with Crippen LogP contribution in [0, 0.1) is 0 Å². The summed E-state index contributed by atoms with van der Waals surface area (Å²) in [4.78, 5) is 0. The molecule has 0 aromatic heterocycles. The lowest BCUT2D eigenvalue weighted by atomic mass is 9.99. The summed E-state index contributed by atoms with van der Waals surface area (Å²) in [7, 11) is -2.49. The Kier molecular flexibility index (Phi) is 5.49. The summed E-state index contributed by atoms with van der Waals surface area (Å²) < 4.78 is 0. The van der Waals surface area contributed by atoms with Crippen LogP contribution in [0.25, 0.3) is 31.6 Å². The lowest BCUT2D eigenvalue weighted by Crippen LogP contribution is -2.56. The quantitative estimate of drug-likeness (QED) is 0.197. The van der Waals surface area contributed by atoms with Gasteiger partial charge in [0.2, 0.25) is 0 Å². The number of benzene rings is 5. The van der Waals surface area contributed by atoms with Crippen molar-refractivity contribution in [1.82, 2.24) is 0 Å². The number of hydrogen-bond donors (Lipinski definition) is 0. The van der Waals surface area contributed by atoms with Crippen molar-refractivity contribution in [1.29, 1.82) is 0 Å². The second-order valence-corrected chi connectivity index (χ2v) is 16.1. The van der Waals surface area contributed by atoms with Crippen molar-refractivity contribution in [2.45, 2.75) is 31.5 Å². The molecule has 0 spiro atoms. The Hall–Kier alpha value is -3.10. The van der Waals surface area contributed by atoms with E-state index >= 15 is 0 Å². The number of halogens is 2. The van der Waals surface area contributed by atoms with Gasteiger partial charge in [-0.2, -0.15) is 0 Å². The Morgan fingerprint density at radius 2 is 0.947 bits per heavy atom. The fourth-order valence-electron chi connectivity index (χ4n) is 7.50. The Morgan fingerprint density at radius 3 is 1.42 bits per heavy atom. The van der Waals surface area contributed by atoms with Crippen LogP contribution in [0.4, 0.5) is 0 Å². The van der Waals surface area contributed by atoms with Crippen LogP contribution in [0.5, 0.6) is 0 Å². The van der Waals surface area contributed by atoms with Crippen molar-refractivity contribution < 1.29 is 0 Å². The van der Waals surface area contributed by atoms with Crippen LogP contribution in [-0.2, 0) is 0 Å². The van der Waals surface area contributed by atoms with Crippen LogP contribution in [0.1, 0.15) is 47.2 Å². The summed E-state index contributed by atoms with van der Waals surface area (Å²) in [6.45, 7) is 7.10. The van der Waals surface area contributed by atoms with Crippen molar-refractivity contribution in [2.75, 3.05) is 0 Å². The summed E-state index contributed by atoms with van der Waals surface area (Å²) in [6.07, 6.45) is 0. The zero-order valence-electron chi connectivity index (χ0n) is 21.7. The smallest absolute Gasteiger partial charge is 0.0837 e. The Bertz CT molecular complexity index is 1720. The fraction of sp³-hybridized carbons (Fsp3) is 0.143. The van der Waals surface area contributed by atoms with Crippen LogP contribution in [0.15, 0.2) is 114 Å². The van der Waals surface area contributed by atoms with Crippen molar-refractivity contribution >= 4 is 68.1 Å². The first-order chi connectivity index (χ1) is 18.4. The molecule has 5 aromatic rings. The highest BCUT2D eigenvalue weighted by Crippen LogP contribution is 2.58. The van der Waals surface area contributed by atoms with Crippen LogP contribution >= 0.6 is 23.2 Å².